The molecule has 4 heteroatoms. The molecular formula is C6H5IN2O. The van der Waals surface area contributed by atoms with Crippen molar-refractivity contribution in [1.82, 2.24) is 5.48 Å². The fourth-order valence-electron chi connectivity index (χ4n) is 0.904. The van der Waals surface area contributed by atoms with E-state index in [1.165, 1.54) is 0 Å². The number of nitrogens with zero attached hydrogens (tertiary/aromatic N) is 1. The van der Waals surface area contributed by atoms with Gasteiger partial charge < -0.3 is 0 Å². The quantitative estimate of drug-likeness (QED) is 0.652. The number of nitrogens with one attached hydrogen (secondary N) is 1. The van der Waals surface area contributed by atoms with E-state index in [1.54, 1.807) is 0 Å². The molecule has 0 saturated heterocycles. The number of hydroxylamine groups is 1. The third-order valence-corrected chi connectivity index (χ3v) is 2.32. The van der Waals surface area contributed by atoms with Gasteiger partial charge in [-0.3, -0.25) is 4.94 Å². The summed E-state index contributed by atoms with van der Waals surface area (Å²) >= 11 is 2.23. The lowest BCUT2D eigenvalue weighted by atomic mass is 10.1. The molecule has 0 saturated carbocycles. The molecule has 1 heterocycles. The molecule has 1 unspecified atom stereocenters. The minimum absolute atomic E-state index is 0.164. The van der Waals surface area contributed by atoms with Crippen LogP contribution in [0.25, 0.3) is 0 Å². The summed E-state index contributed by atoms with van der Waals surface area (Å²) in [4.78, 5) is 4.70. The van der Waals surface area contributed by atoms with E-state index in [0.717, 1.165) is 9.29 Å². The molecule has 0 bridgehead atoms. The standard InChI is InChI=1S/C6H5IN2O/c7-4-2-1-3-5-6(4)9-10-8-5/h1-3,5,8H. The van der Waals surface area contributed by atoms with Crippen LogP contribution >= 0.6 is 22.6 Å². The van der Waals surface area contributed by atoms with Crippen LogP contribution in [-0.4, -0.2) is 11.8 Å². The van der Waals surface area contributed by atoms with Crippen LogP contribution in [0.1, 0.15) is 0 Å². The van der Waals surface area contributed by atoms with E-state index >= 15 is 0 Å². The maximum atomic E-state index is 4.70. The zero-order valence-corrected chi connectivity index (χ0v) is 7.20. The fraction of sp³-hybridized carbons (Fsp3) is 0.167. The highest BCUT2D eigenvalue weighted by Crippen LogP contribution is 2.19. The molecule has 0 fully saturated rings. The first-order valence-electron chi connectivity index (χ1n) is 2.92. The predicted octanol–water partition coefficient (Wildman–Crippen LogP) is 1.13. The Bertz CT molecular complexity index is 244. The first-order valence-corrected chi connectivity index (χ1v) is 3.99. The van der Waals surface area contributed by atoms with Crippen LogP contribution in [-0.2, 0) is 4.94 Å². The van der Waals surface area contributed by atoms with Crippen molar-refractivity contribution in [3.05, 3.63) is 21.8 Å². The van der Waals surface area contributed by atoms with Crippen LogP contribution in [0.3, 0.4) is 0 Å². The van der Waals surface area contributed by atoms with E-state index in [4.69, 9.17) is 4.94 Å². The Labute approximate surface area is 71.9 Å². The molecule has 0 aromatic carbocycles. The highest BCUT2D eigenvalue weighted by Gasteiger charge is 2.23. The first-order chi connectivity index (χ1) is 4.88. The molecule has 0 radical (unpaired) electrons. The minimum Gasteiger partial charge on any atom is -0.298 e. The number of hydrogen-bond donors (Lipinski definition) is 1. The van der Waals surface area contributed by atoms with Crippen molar-refractivity contribution in [2.75, 3.05) is 0 Å². The molecule has 2 rings (SSSR count). The second-order valence-corrected chi connectivity index (χ2v) is 3.23. The lowest BCUT2D eigenvalue weighted by Gasteiger charge is -2.07. The van der Waals surface area contributed by atoms with Gasteiger partial charge in [-0.05, 0) is 28.7 Å². The van der Waals surface area contributed by atoms with Crippen LogP contribution in [0.5, 0.6) is 0 Å². The van der Waals surface area contributed by atoms with E-state index < -0.39 is 0 Å². The number of oxime groups is 1. The second kappa shape index (κ2) is 2.35. The van der Waals surface area contributed by atoms with Crippen LogP contribution in [0, 0.1) is 0 Å². The Morgan fingerprint density at radius 3 is 3.40 bits per heavy atom. The highest BCUT2D eigenvalue weighted by molar-refractivity contribution is 14.1. The Morgan fingerprint density at radius 2 is 2.60 bits per heavy atom. The summed E-state index contributed by atoms with van der Waals surface area (Å²) in [6, 6.07) is 0.164. The third-order valence-electron chi connectivity index (χ3n) is 1.41. The van der Waals surface area contributed by atoms with Crippen molar-refractivity contribution in [1.29, 1.82) is 0 Å². The van der Waals surface area contributed by atoms with Crippen molar-refractivity contribution in [3.8, 4) is 0 Å². The monoisotopic (exact) mass is 248 g/mol. The van der Waals surface area contributed by atoms with Crippen molar-refractivity contribution < 1.29 is 4.94 Å². The van der Waals surface area contributed by atoms with Gasteiger partial charge in [-0.2, -0.15) is 0 Å². The highest BCUT2D eigenvalue weighted by atomic mass is 127. The molecule has 1 aliphatic heterocycles. The van der Waals surface area contributed by atoms with Crippen LogP contribution in [0.4, 0.5) is 0 Å². The number of rotatable bonds is 0. The zero-order chi connectivity index (χ0) is 6.97. The summed E-state index contributed by atoms with van der Waals surface area (Å²) in [6.45, 7) is 0. The van der Waals surface area contributed by atoms with Crippen molar-refractivity contribution in [3.63, 3.8) is 0 Å². The maximum Gasteiger partial charge on any atom is 0.120 e. The van der Waals surface area contributed by atoms with Gasteiger partial charge >= 0.3 is 0 Å². The molecule has 0 amide bonds. The summed E-state index contributed by atoms with van der Waals surface area (Å²) in [5.41, 5.74) is 3.73. The van der Waals surface area contributed by atoms with E-state index in [9.17, 15) is 0 Å². The number of halogens is 1. The smallest absolute Gasteiger partial charge is 0.120 e. The summed E-state index contributed by atoms with van der Waals surface area (Å²) in [5, 5.41) is 3.82. The molecule has 10 heavy (non-hydrogen) atoms. The molecule has 1 N–H and O–H groups in total. The summed E-state index contributed by atoms with van der Waals surface area (Å²) in [6.07, 6.45) is 6.01. The Hall–Kier alpha value is -0.360. The van der Waals surface area contributed by atoms with Gasteiger partial charge in [-0.25, -0.2) is 0 Å². The minimum atomic E-state index is 0.164. The second-order valence-electron chi connectivity index (χ2n) is 2.06. The molecular weight excluding hydrogens is 243 g/mol. The van der Waals surface area contributed by atoms with Crippen molar-refractivity contribution >= 4 is 28.3 Å². The van der Waals surface area contributed by atoms with Gasteiger partial charge in [-0.1, -0.05) is 17.3 Å². The summed E-state index contributed by atoms with van der Waals surface area (Å²) in [7, 11) is 0. The van der Waals surface area contributed by atoms with E-state index in [0.29, 0.717) is 0 Å². The van der Waals surface area contributed by atoms with Gasteiger partial charge in [0, 0.05) is 3.58 Å². The first kappa shape index (κ1) is 6.36. The lowest BCUT2D eigenvalue weighted by molar-refractivity contribution is 0.0672. The van der Waals surface area contributed by atoms with Crippen LogP contribution < -0.4 is 5.48 Å². The maximum absolute atomic E-state index is 4.70. The van der Waals surface area contributed by atoms with Gasteiger partial charge in [0.15, 0.2) is 0 Å². The van der Waals surface area contributed by atoms with Crippen LogP contribution in [0.2, 0.25) is 0 Å². The summed E-state index contributed by atoms with van der Waals surface area (Å²) < 4.78 is 1.13. The predicted molar refractivity (Wildman–Crippen MR) is 46.7 cm³/mol. The molecule has 0 aromatic heterocycles. The van der Waals surface area contributed by atoms with Crippen LogP contribution in [0.15, 0.2) is 27.0 Å². The van der Waals surface area contributed by atoms with Crippen molar-refractivity contribution in [2.45, 2.75) is 6.04 Å². The van der Waals surface area contributed by atoms with Gasteiger partial charge in [0.05, 0.1) is 0 Å². The lowest BCUT2D eigenvalue weighted by Crippen LogP contribution is -2.28. The third kappa shape index (κ3) is 0.873. The van der Waals surface area contributed by atoms with E-state index in [2.05, 4.69) is 33.2 Å². The fourth-order valence-corrected chi connectivity index (χ4v) is 1.55. The molecule has 1 aliphatic carbocycles. The summed E-state index contributed by atoms with van der Waals surface area (Å²) in [5.74, 6) is 0. The number of allylic oxidation sites excluding steroid dienone is 2. The molecule has 3 nitrogen and oxygen atoms in total. The molecule has 0 aromatic rings. The Morgan fingerprint density at radius 1 is 1.70 bits per heavy atom. The van der Waals surface area contributed by atoms with Gasteiger partial charge in [-0.15, -0.1) is 5.48 Å². The largest absolute Gasteiger partial charge is 0.298 e. The average Bonchev–Trinajstić information content (AvgIpc) is 2.36. The molecule has 52 valence electrons. The van der Waals surface area contributed by atoms with Crippen molar-refractivity contribution in [2.24, 2.45) is 5.16 Å². The topological polar surface area (TPSA) is 33.6 Å². The number of hydrogen-bond acceptors (Lipinski definition) is 3. The number of fused-ring (bicyclic) bond motifs is 1. The van der Waals surface area contributed by atoms with Gasteiger partial charge in [0.25, 0.3) is 0 Å². The average molecular weight is 248 g/mol. The van der Waals surface area contributed by atoms with E-state index in [1.807, 2.05) is 18.2 Å². The Balaban J connectivity index is 2.38. The molecule has 1 atom stereocenters. The Kier molecular flexibility index (Phi) is 1.50. The SMILES string of the molecule is IC1=CC=CC2NON=C12. The molecule has 2 aliphatic rings. The zero-order valence-electron chi connectivity index (χ0n) is 5.04. The van der Waals surface area contributed by atoms with Gasteiger partial charge in [0.2, 0.25) is 0 Å². The molecule has 0 spiro atoms. The normalized spacial score (nSPS) is 28.7. The van der Waals surface area contributed by atoms with Gasteiger partial charge in [0.1, 0.15) is 11.8 Å². The van der Waals surface area contributed by atoms with E-state index in [-0.39, 0.29) is 6.04 Å².